The molecule has 0 aliphatic heterocycles. The van der Waals surface area contributed by atoms with Gasteiger partial charge >= 0.3 is 0 Å². The van der Waals surface area contributed by atoms with E-state index in [1.54, 1.807) is 17.1 Å². The lowest BCUT2D eigenvalue weighted by Crippen LogP contribution is -2.51. The van der Waals surface area contributed by atoms with Gasteiger partial charge in [0, 0.05) is 18.7 Å². The van der Waals surface area contributed by atoms with Crippen LogP contribution in [0.3, 0.4) is 0 Å². The molecule has 0 amide bonds. The molecule has 33 heavy (non-hydrogen) atoms. The van der Waals surface area contributed by atoms with Crippen molar-refractivity contribution in [2.75, 3.05) is 20.6 Å². The second-order valence-corrected chi connectivity index (χ2v) is 12.6. The van der Waals surface area contributed by atoms with Gasteiger partial charge < -0.3 is 4.90 Å². The van der Waals surface area contributed by atoms with Crippen LogP contribution in [0.1, 0.15) is 70.8 Å². The highest BCUT2D eigenvalue weighted by Crippen LogP contribution is 2.66. The third kappa shape index (κ3) is 4.07. The lowest BCUT2D eigenvalue weighted by Gasteiger charge is -2.57. The van der Waals surface area contributed by atoms with Gasteiger partial charge in [0.15, 0.2) is 5.78 Å². The molecule has 4 saturated carbocycles. The smallest absolute Gasteiger partial charge is 0.157 e. The predicted octanol–water partition coefficient (Wildman–Crippen LogP) is 5.02. The van der Waals surface area contributed by atoms with Crippen molar-refractivity contribution in [2.24, 2.45) is 52.8 Å². The van der Waals surface area contributed by atoms with Gasteiger partial charge in [-0.25, -0.2) is 0 Å². The summed E-state index contributed by atoms with van der Waals surface area (Å²) < 4.78 is 1.68. The fraction of sp³-hybridized carbons (Fsp3) is 0.821. The van der Waals surface area contributed by atoms with E-state index in [0.717, 1.165) is 42.6 Å². The van der Waals surface area contributed by atoms with E-state index in [1.165, 1.54) is 44.9 Å². The summed E-state index contributed by atoms with van der Waals surface area (Å²) in [5.41, 5.74) is 0.640. The quantitative estimate of drug-likeness (QED) is 0.632. The number of aromatic nitrogens is 2. The van der Waals surface area contributed by atoms with Crippen LogP contribution in [0.5, 0.6) is 0 Å². The van der Waals surface area contributed by atoms with Crippen molar-refractivity contribution >= 4 is 5.78 Å². The molecule has 9 unspecified atom stereocenters. The Morgan fingerprint density at radius 3 is 2.70 bits per heavy atom. The summed E-state index contributed by atoms with van der Waals surface area (Å²) in [5, 5.41) is 13.4. The molecule has 9 atom stereocenters. The number of Topliss-reactive ketones (excluding diaryl/α,β-unsaturated/α-hetero) is 1. The molecule has 1 aromatic rings. The number of nitrogens with zero attached hydrogens (tertiary/aromatic N) is 4. The molecule has 0 aromatic carbocycles. The zero-order valence-electron chi connectivity index (χ0n) is 21.0. The van der Waals surface area contributed by atoms with Crippen LogP contribution in [-0.2, 0) is 11.3 Å². The molecule has 1 heterocycles. The van der Waals surface area contributed by atoms with Crippen molar-refractivity contribution in [2.45, 2.75) is 71.8 Å². The number of fused-ring (bicyclic) bond motifs is 5. The highest BCUT2D eigenvalue weighted by atomic mass is 16.1. The summed E-state index contributed by atoms with van der Waals surface area (Å²) in [7, 11) is 4.39. The van der Waals surface area contributed by atoms with Gasteiger partial charge in [0.25, 0.3) is 0 Å². The van der Waals surface area contributed by atoms with E-state index in [1.807, 2.05) is 0 Å². The minimum absolute atomic E-state index is 0.110. The number of rotatable bonds is 5. The summed E-state index contributed by atoms with van der Waals surface area (Å²) in [4.78, 5) is 16.0. The fourth-order valence-corrected chi connectivity index (χ4v) is 9.31. The van der Waals surface area contributed by atoms with Gasteiger partial charge in [-0.05, 0) is 106 Å². The molecular formula is C28H42N4O. The number of carbonyl (C=O) groups is 1. The Morgan fingerprint density at radius 1 is 1.18 bits per heavy atom. The van der Waals surface area contributed by atoms with E-state index in [9.17, 15) is 4.79 Å². The number of hydrogen-bond acceptors (Lipinski definition) is 4. The molecule has 1 aromatic heterocycles. The average Bonchev–Trinajstić information content (AvgIpc) is 3.34. The third-order valence-electron chi connectivity index (χ3n) is 10.4. The second kappa shape index (κ2) is 8.84. The molecule has 0 radical (unpaired) electrons. The first-order valence-electron chi connectivity index (χ1n) is 13.4. The van der Waals surface area contributed by atoms with Gasteiger partial charge in [-0.15, -0.1) is 0 Å². The molecular weight excluding hydrogens is 408 g/mol. The van der Waals surface area contributed by atoms with E-state index < -0.39 is 0 Å². The van der Waals surface area contributed by atoms with E-state index in [-0.39, 0.29) is 11.3 Å². The highest BCUT2D eigenvalue weighted by molar-refractivity contribution is 5.82. The molecule has 180 valence electrons. The standard InChI is InChI=1S/C28H42N4O/c1-18-5-7-22-20(11-18)6-8-24-23(22)9-10-28(2)25(12-21(27(24)28)16-31(3)4)26(33)17-32-15-19(13-29)14-30-32/h14-15,18,20-25,27H,5-12,16-17H2,1-4H3. The molecule has 5 heteroatoms. The monoisotopic (exact) mass is 450 g/mol. The summed E-state index contributed by atoms with van der Waals surface area (Å²) in [6, 6.07) is 2.13. The number of carbonyl (C=O) groups excluding carboxylic acids is 1. The van der Waals surface area contributed by atoms with E-state index in [4.69, 9.17) is 5.26 Å². The Hall–Kier alpha value is -1.67. The lowest BCUT2D eigenvalue weighted by atomic mass is 9.48. The van der Waals surface area contributed by atoms with Crippen LogP contribution in [0.2, 0.25) is 0 Å². The largest absolute Gasteiger partial charge is 0.309 e. The fourth-order valence-electron chi connectivity index (χ4n) is 9.31. The molecule has 4 fully saturated rings. The van der Waals surface area contributed by atoms with Gasteiger partial charge in [-0.1, -0.05) is 20.3 Å². The number of hydrogen-bond donors (Lipinski definition) is 0. The van der Waals surface area contributed by atoms with Crippen LogP contribution >= 0.6 is 0 Å². The molecule has 0 bridgehead atoms. The summed E-state index contributed by atoms with van der Waals surface area (Å²) >= 11 is 0. The van der Waals surface area contributed by atoms with Crippen molar-refractivity contribution in [1.29, 1.82) is 5.26 Å². The van der Waals surface area contributed by atoms with E-state index in [0.29, 0.717) is 29.7 Å². The van der Waals surface area contributed by atoms with Crippen LogP contribution in [0, 0.1) is 64.1 Å². The first-order valence-corrected chi connectivity index (χ1v) is 13.4. The summed E-state index contributed by atoms with van der Waals surface area (Å²) in [6.07, 6.45) is 14.0. The van der Waals surface area contributed by atoms with Crippen LogP contribution in [-0.4, -0.2) is 41.1 Å². The SMILES string of the molecule is CC1CCC2C(CCC3C2CCC2(C)C(C(=O)Cn4cc(C#N)cn4)CC(CN(C)C)C32)C1. The summed E-state index contributed by atoms with van der Waals surface area (Å²) in [5.74, 6) is 6.22. The van der Waals surface area contributed by atoms with Gasteiger partial charge in [0.2, 0.25) is 0 Å². The third-order valence-corrected chi connectivity index (χ3v) is 10.4. The van der Waals surface area contributed by atoms with E-state index in [2.05, 4.69) is 44.0 Å². The maximum atomic E-state index is 13.7. The zero-order valence-corrected chi connectivity index (χ0v) is 21.0. The second-order valence-electron chi connectivity index (χ2n) is 12.6. The number of nitriles is 1. The first kappa shape index (κ1) is 23.1. The zero-order chi connectivity index (χ0) is 23.3. The van der Waals surface area contributed by atoms with Crippen molar-refractivity contribution in [3.05, 3.63) is 18.0 Å². The van der Waals surface area contributed by atoms with Crippen molar-refractivity contribution in [3.8, 4) is 6.07 Å². The first-order chi connectivity index (χ1) is 15.8. The predicted molar refractivity (Wildman–Crippen MR) is 129 cm³/mol. The van der Waals surface area contributed by atoms with Crippen LogP contribution < -0.4 is 0 Å². The van der Waals surface area contributed by atoms with Crippen molar-refractivity contribution < 1.29 is 4.79 Å². The topological polar surface area (TPSA) is 61.9 Å². The minimum atomic E-state index is 0.110. The Morgan fingerprint density at radius 2 is 1.97 bits per heavy atom. The molecule has 0 N–H and O–H groups in total. The van der Waals surface area contributed by atoms with Crippen molar-refractivity contribution in [1.82, 2.24) is 14.7 Å². The summed E-state index contributed by atoms with van der Waals surface area (Å²) in [6.45, 7) is 6.32. The molecule has 4 aliphatic rings. The lowest BCUT2D eigenvalue weighted by molar-refractivity contribution is -0.131. The molecule has 5 rings (SSSR count). The Labute approximate surface area is 199 Å². The van der Waals surface area contributed by atoms with Crippen LogP contribution in [0.4, 0.5) is 0 Å². The molecule has 0 saturated heterocycles. The van der Waals surface area contributed by atoms with Gasteiger partial charge in [0.1, 0.15) is 6.07 Å². The Balaban J connectivity index is 1.40. The van der Waals surface area contributed by atoms with Crippen LogP contribution in [0.25, 0.3) is 0 Å². The maximum absolute atomic E-state index is 13.7. The Bertz CT molecular complexity index is 915. The maximum Gasteiger partial charge on any atom is 0.157 e. The molecule has 0 spiro atoms. The molecule has 4 aliphatic carbocycles. The highest BCUT2D eigenvalue weighted by Gasteiger charge is 2.61. The van der Waals surface area contributed by atoms with E-state index >= 15 is 0 Å². The van der Waals surface area contributed by atoms with Gasteiger partial charge in [-0.2, -0.15) is 10.4 Å². The normalized spacial score (nSPS) is 42.3. The Kier molecular flexibility index (Phi) is 6.18. The minimum Gasteiger partial charge on any atom is -0.309 e. The van der Waals surface area contributed by atoms with Crippen LogP contribution in [0.15, 0.2) is 12.4 Å². The van der Waals surface area contributed by atoms with Crippen molar-refractivity contribution in [3.63, 3.8) is 0 Å². The number of ketones is 1. The average molecular weight is 451 g/mol. The van der Waals surface area contributed by atoms with Gasteiger partial charge in [-0.3, -0.25) is 9.48 Å². The van der Waals surface area contributed by atoms with Gasteiger partial charge in [0.05, 0.1) is 18.3 Å². The molecule has 5 nitrogen and oxygen atoms in total.